The monoisotopic (exact) mass is 604 g/mol. The summed E-state index contributed by atoms with van der Waals surface area (Å²) in [7, 11) is 0. The zero-order valence-electron chi connectivity index (χ0n) is 25.4. The number of para-hydroxylation sites is 3. The van der Waals surface area contributed by atoms with Gasteiger partial charge in [-0.15, -0.1) is 0 Å². The van der Waals surface area contributed by atoms with Gasteiger partial charge < -0.3 is 13.7 Å². The third-order valence-corrected chi connectivity index (χ3v) is 8.72. The Morgan fingerprint density at radius 2 is 1.02 bits per heavy atom. The summed E-state index contributed by atoms with van der Waals surface area (Å²) in [5.74, 6) is 0.611. The first-order valence-electron chi connectivity index (χ1n) is 15.7. The van der Waals surface area contributed by atoms with Crippen molar-refractivity contribution < 1.29 is 8.83 Å². The van der Waals surface area contributed by atoms with Crippen LogP contribution in [0.1, 0.15) is 0 Å². The standard InChI is InChI=1S/C43H28N2O2/c1-3-10-29(11-4-1)30-18-20-31(21-19-30)36-14-9-17-41-42(36)37-28-35(26-27-39(37)46-41)45(33-12-5-2-6-13-33)34-24-22-32(23-25-34)43-44-38-15-7-8-16-40(38)47-43/h1-28H. The predicted octanol–water partition coefficient (Wildman–Crippen LogP) is 12.2. The van der Waals surface area contributed by atoms with Crippen LogP contribution in [0.15, 0.2) is 179 Å². The van der Waals surface area contributed by atoms with E-state index in [0.29, 0.717) is 5.89 Å². The topological polar surface area (TPSA) is 42.4 Å². The van der Waals surface area contributed by atoms with Crippen molar-refractivity contribution in [3.05, 3.63) is 170 Å². The Morgan fingerprint density at radius 3 is 1.81 bits per heavy atom. The van der Waals surface area contributed by atoms with E-state index in [-0.39, 0.29) is 0 Å². The van der Waals surface area contributed by atoms with Crippen LogP contribution in [0.3, 0.4) is 0 Å². The quantitative estimate of drug-likeness (QED) is 0.189. The van der Waals surface area contributed by atoms with E-state index < -0.39 is 0 Å². The van der Waals surface area contributed by atoms with Gasteiger partial charge in [0.05, 0.1) is 0 Å². The van der Waals surface area contributed by atoms with E-state index in [2.05, 4.69) is 138 Å². The summed E-state index contributed by atoms with van der Waals surface area (Å²) < 4.78 is 12.5. The van der Waals surface area contributed by atoms with Crippen molar-refractivity contribution in [1.29, 1.82) is 0 Å². The van der Waals surface area contributed by atoms with Gasteiger partial charge in [0.15, 0.2) is 5.58 Å². The molecule has 0 aliphatic carbocycles. The van der Waals surface area contributed by atoms with Crippen molar-refractivity contribution in [1.82, 2.24) is 4.98 Å². The molecule has 7 aromatic carbocycles. The second kappa shape index (κ2) is 11.2. The lowest BCUT2D eigenvalue weighted by molar-refractivity contribution is 0.620. The summed E-state index contributed by atoms with van der Waals surface area (Å²) in [5.41, 5.74) is 12.1. The first kappa shape index (κ1) is 27.0. The molecule has 0 N–H and O–H groups in total. The lowest BCUT2D eigenvalue weighted by Gasteiger charge is -2.25. The van der Waals surface area contributed by atoms with Gasteiger partial charge in [0.1, 0.15) is 16.7 Å². The van der Waals surface area contributed by atoms with E-state index >= 15 is 0 Å². The number of oxazole rings is 1. The van der Waals surface area contributed by atoms with Crippen LogP contribution in [0.25, 0.3) is 66.7 Å². The Balaban J connectivity index is 1.14. The largest absolute Gasteiger partial charge is 0.456 e. The molecule has 0 aliphatic heterocycles. The van der Waals surface area contributed by atoms with Crippen LogP contribution in [-0.4, -0.2) is 4.98 Å². The normalized spacial score (nSPS) is 11.4. The Labute approximate surface area is 271 Å². The lowest BCUT2D eigenvalue weighted by atomic mass is 9.97. The van der Waals surface area contributed by atoms with Crippen molar-refractivity contribution in [3.63, 3.8) is 0 Å². The Morgan fingerprint density at radius 1 is 0.404 bits per heavy atom. The van der Waals surface area contributed by atoms with Crippen LogP contribution in [0.2, 0.25) is 0 Å². The number of furan rings is 1. The van der Waals surface area contributed by atoms with E-state index in [9.17, 15) is 0 Å². The van der Waals surface area contributed by atoms with E-state index in [1.165, 1.54) is 11.1 Å². The fourth-order valence-electron chi connectivity index (χ4n) is 6.44. The van der Waals surface area contributed by atoms with Gasteiger partial charge in [-0.3, -0.25) is 0 Å². The second-order valence-electron chi connectivity index (χ2n) is 11.6. The maximum absolute atomic E-state index is 6.41. The number of hydrogen-bond acceptors (Lipinski definition) is 4. The predicted molar refractivity (Wildman–Crippen MR) is 192 cm³/mol. The van der Waals surface area contributed by atoms with E-state index in [0.717, 1.165) is 66.8 Å². The van der Waals surface area contributed by atoms with Crippen LogP contribution in [0.4, 0.5) is 17.1 Å². The van der Waals surface area contributed by atoms with Gasteiger partial charge >= 0.3 is 0 Å². The van der Waals surface area contributed by atoms with Gasteiger partial charge in [0.2, 0.25) is 5.89 Å². The number of benzene rings is 7. The summed E-state index contributed by atoms with van der Waals surface area (Å²) in [6.07, 6.45) is 0. The van der Waals surface area contributed by atoms with Crippen molar-refractivity contribution in [3.8, 4) is 33.7 Å². The lowest BCUT2D eigenvalue weighted by Crippen LogP contribution is -2.09. The third kappa shape index (κ3) is 4.84. The van der Waals surface area contributed by atoms with Crippen LogP contribution in [0.5, 0.6) is 0 Å². The Hall–Kier alpha value is -6.39. The minimum Gasteiger partial charge on any atom is -0.456 e. The number of aromatic nitrogens is 1. The molecule has 47 heavy (non-hydrogen) atoms. The van der Waals surface area contributed by atoms with E-state index in [1.807, 2.05) is 36.4 Å². The van der Waals surface area contributed by atoms with Gasteiger partial charge in [0.25, 0.3) is 0 Å². The molecule has 2 heterocycles. The second-order valence-corrected chi connectivity index (χ2v) is 11.6. The van der Waals surface area contributed by atoms with Gasteiger partial charge in [-0.05, 0) is 95.1 Å². The summed E-state index contributed by atoms with van der Waals surface area (Å²) >= 11 is 0. The molecule has 0 amide bonds. The van der Waals surface area contributed by atoms with Crippen molar-refractivity contribution in [2.24, 2.45) is 0 Å². The minimum absolute atomic E-state index is 0.611. The van der Waals surface area contributed by atoms with Crippen LogP contribution >= 0.6 is 0 Å². The number of nitrogens with zero attached hydrogens (tertiary/aromatic N) is 2. The van der Waals surface area contributed by atoms with Gasteiger partial charge in [-0.2, -0.15) is 0 Å². The molecule has 0 saturated heterocycles. The fraction of sp³-hybridized carbons (Fsp3) is 0. The van der Waals surface area contributed by atoms with Gasteiger partial charge in [-0.25, -0.2) is 4.98 Å². The van der Waals surface area contributed by atoms with Crippen LogP contribution in [-0.2, 0) is 0 Å². The average Bonchev–Trinajstić information content (AvgIpc) is 3.75. The molecular formula is C43H28N2O2. The molecule has 0 unspecified atom stereocenters. The Kier molecular flexibility index (Phi) is 6.43. The molecule has 222 valence electrons. The molecule has 0 aliphatic rings. The highest BCUT2D eigenvalue weighted by atomic mass is 16.3. The third-order valence-electron chi connectivity index (χ3n) is 8.72. The number of anilines is 3. The first-order chi connectivity index (χ1) is 23.3. The van der Waals surface area contributed by atoms with Crippen molar-refractivity contribution in [2.45, 2.75) is 0 Å². The molecule has 0 bridgehead atoms. The molecule has 0 radical (unpaired) electrons. The van der Waals surface area contributed by atoms with Gasteiger partial charge in [-0.1, -0.05) is 97.1 Å². The van der Waals surface area contributed by atoms with Crippen LogP contribution < -0.4 is 4.90 Å². The number of rotatable bonds is 6. The minimum atomic E-state index is 0.611. The summed E-state index contributed by atoms with van der Waals surface area (Å²) in [6, 6.07) is 58.7. The Bertz CT molecular complexity index is 2460. The first-order valence-corrected chi connectivity index (χ1v) is 15.7. The highest BCUT2D eigenvalue weighted by Gasteiger charge is 2.18. The summed E-state index contributed by atoms with van der Waals surface area (Å²) in [6.45, 7) is 0. The number of fused-ring (bicyclic) bond motifs is 4. The zero-order chi connectivity index (χ0) is 31.2. The van der Waals surface area contributed by atoms with Crippen molar-refractivity contribution >= 4 is 50.1 Å². The molecule has 2 aromatic heterocycles. The molecule has 0 atom stereocenters. The molecule has 0 spiro atoms. The molecular weight excluding hydrogens is 576 g/mol. The zero-order valence-corrected chi connectivity index (χ0v) is 25.4. The SMILES string of the molecule is c1ccc(-c2ccc(-c3cccc4oc5ccc(N(c6ccccc6)c6ccc(-c7nc8ccccc8o7)cc6)cc5c34)cc2)cc1. The maximum atomic E-state index is 6.41. The molecule has 9 rings (SSSR count). The van der Waals surface area contributed by atoms with E-state index in [1.54, 1.807) is 0 Å². The molecule has 9 aromatic rings. The molecule has 4 nitrogen and oxygen atoms in total. The fourth-order valence-corrected chi connectivity index (χ4v) is 6.44. The molecule has 4 heteroatoms. The van der Waals surface area contributed by atoms with Crippen LogP contribution in [0, 0.1) is 0 Å². The average molecular weight is 605 g/mol. The number of hydrogen-bond donors (Lipinski definition) is 0. The highest BCUT2D eigenvalue weighted by Crippen LogP contribution is 2.42. The summed E-state index contributed by atoms with van der Waals surface area (Å²) in [5, 5.41) is 2.18. The highest BCUT2D eigenvalue weighted by molar-refractivity contribution is 6.13. The van der Waals surface area contributed by atoms with E-state index in [4.69, 9.17) is 13.8 Å². The molecule has 0 saturated carbocycles. The van der Waals surface area contributed by atoms with Crippen molar-refractivity contribution in [2.75, 3.05) is 4.90 Å². The maximum Gasteiger partial charge on any atom is 0.227 e. The smallest absolute Gasteiger partial charge is 0.227 e. The molecule has 0 fully saturated rings. The summed E-state index contributed by atoms with van der Waals surface area (Å²) in [4.78, 5) is 6.96. The van der Waals surface area contributed by atoms with Gasteiger partial charge in [0, 0.05) is 33.4 Å².